The lowest BCUT2D eigenvalue weighted by Gasteiger charge is -2.16. The Morgan fingerprint density at radius 3 is 2.66 bits per heavy atom. The lowest BCUT2D eigenvalue weighted by atomic mass is 10.0. The first-order valence-electron chi connectivity index (χ1n) is 11.3. The number of aromatic nitrogens is 3. The van der Waals surface area contributed by atoms with Crippen molar-refractivity contribution >= 4 is 37.7 Å². The Bertz CT molecular complexity index is 1510. The molecule has 0 aliphatic rings. The van der Waals surface area contributed by atoms with Crippen LogP contribution in [0.5, 0.6) is 5.88 Å². The van der Waals surface area contributed by atoms with Crippen LogP contribution in [-0.2, 0) is 19.4 Å². The van der Waals surface area contributed by atoms with Gasteiger partial charge in [0, 0.05) is 28.7 Å². The van der Waals surface area contributed by atoms with Gasteiger partial charge < -0.3 is 20.2 Å². The fourth-order valence-corrected chi connectivity index (χ4v) is 4.68. The molecular weight excluding hydrogens is 468 g/mol. The molecule has 0 amide bonds. The van der Waals surface area contributed by atoms with Crippen LogP contribution in [-0.4, -0.2) is 53.8 Å². The van der Waals surface area contributed by atoms with Crippen LogP contribution in [0.15, 0.2) is 47.6 Å². The Kier molecular flexibility index (Phi) is 6.77. The summed E-state index contributed by atoms with van der Waals surface area (Å²) >= 11 is 0. The number of aromatic amines is 1. The molecular formula is C25H28N4O5S. The number of H-pyrrole nitrogens is 1. The van der Waals surface area contributed by atoms with Crippen LogP contribution in [0.2, 0.25) is 0 Å². The zero-order valence-corrected chi connectivity index (χ0v) is 20.8. The smallest absolute Gasteiger partial charge is 0.323 e. The van der Waals surface area contributed by atoms with E-state index in [0.717, 1.165) is 21.9 Å². The molecule has 3 aromatic heterocycles. The van der Waals surface area contributed by atoms with Gasteiger partial charge in [0.15, 0.2) is 9.84 Å². The van der Waals surface area contributed by atoms with Crippen molar-refractivity contribution in [2.24, 2.45) is 5.73 Å². The normalized spacial score (nSPS) is 13.6. The minimum Gasteiger partial charge on any atom is -0.472 e. The summed E-state index contributed by atoms with van der Waals surface area (Å²) in [5, 5.41) is 1.68. The molecule has 0 spiro atoms. The van der Waals surface area contributed by atoms with Gasteiger partial charge in [-0.2, -0.15) is 0 Å². The minimum absolute atomic E-state index is 0.0127. The average Bonchev–Trinajstić information content (AvgIpc) is 3.21. The summed E-state index contributed by atoms with van der Waals surface area (Å²) < 4.78 is 36.2. The predicted molar refractivity (Wildman–Crippen MR) is 134 cm³/mol. The summed E-state index contributed by atoms with van der Waals surface area (Å²) in [5.41, 5.74) is 9.26. The summed E-state index contributed by atoms with van der Waals surface area (Å²) in [6.07, 6.45) is 2.88. The standard InChI is InChI=1S/C25H28N4O5S/c1-5-35(31,32)18-8-6-7-17(10-18)20-12-28-24(33-13-15(3)34-25(30)16(4)26)22-21(20)19-9-14(2)11-27-23(19)29-22/h6-12,15-16H,5,13,26H2,1-4H3,(H,27,29)/t15-,16+/m1/s1. The van der Waals surface area contributed by atoms with Crippen molar-refractivity contribution in [2.75, 3.05) is 12.4 Å². The number of nitrogens with two attached hydrogens (primary N) is 1. The molecule has 0 aliphatic heterocycles. The Balaban J connectivity index is 1.81. The van der Waals surface area contributed by atoms with Gasteiger partial charge in [0.1, 0.15) is 29.9 Å². The third-order valence-electron chi connectivity index (χ3n) is 5.61. The van der Waals surface area contributed by atoms with Gasteiger partial charge in [0.25, 0.3) is 0 Å². The van der Waals surface area contributed by atoms with Gasteiger partial charge >= 0.3 is 5.97 Å². The fraction of sp³-hybridized carbons (Fsp3) is 0.320. The second kappa shape index (κ2) is 9.63. The van der Waals surface area contributed by atoms with Crippen molar-refractivity contribution in [1.82, 2.24) is 15.0 Å². The molecule has 0 aliphatic carbocycles. The van der Waals surface area contributed by atoms with Gasteiger partial charge in [0.2, 0.25) is 5.88 Å². The molecule has 184 valence electrons. The van der Waals surface area contributed by atoms with Crippen LogP contribution >= 0.6 is 0 Å². The van der Waals surface area contributed by atoms with E-state index in [9.17, 15) is 13.2 Å². The third kappa shape index (κ3) is 4.98. The molecule has 10 heteroatoms. The first-order valence-corrected chi connectivity index (χ1v) is 12.9. The number of hydrogen-bond acceptors (Lipinski definition) is 8. The summed E-state index contributed by atoms with van der Waals surface area (Å²) in [4.78, 5) is 24.3. The second-order valence-electron chi connectivity index (χ2n) is 8.54. The molecule has 1 aromatic carbocycles. The van der Waals surface area contributed by atoms with E-state index in [-0.39, 0.29) is 17.3 Å². The van der Waals surface area contributed by atoms with E-state index in [0.29, 0.717) is 22.6 Å². The number of rotatable bonds is 8. The highest BCUT2D eigenvalue weighted by Gasteiger charge is 2.20. The lowest BCUT2D eigenvalue weighted by molar-refractivity contribution is -0.150. The van der Waals surface area contributed by atoms with E-state index >= 15 is 0 Å². The van der Waals surface area contributed by atoms with Crippen LogP contribution in [0.1, 0.15) is 26.3 Å². The van der Waals surface area contributed by atoms with Crippen LogP contribution in [0.4, 0.5) is 0 Å². The Morgan fingerprint density at radius 1 is 1.17 bits per heavy atom. The molecule has 0 radical (unpaired) electrons. The van der Waals surface area contributed by atoms with E-state index in [1.807, 2.05) is 19.1 Å². The number of pyridine rings is 2. The fourth-order valence-electron chi connectivity index (χ4n) is 3.76. The Morgan fingerprint density at radius 2 is 1.94 bits per heavy atom. The van der Waals surface area contributed by atoms with Gasteiger partial charge in [-0.3, -0.25) is 4.79 Å². The molecule has 4 rings (SSSR count). The number of sulfone groups is 1. The number of ether oxygens (including phenoxy) is 2. The van der Waals surface area contributed by atoms with E-state index in [1.165, 1.54) is 0 Å². The molecule has 0 unspecified atom stereocenters. The number of benzene rings is 1. The number of fused-ring (bicyclic) bond motifs is 3. The first-order chi connectivity index (χ1) is 16.6. The number of nitrogens with one attached hydrogen (secondary N) is 1. The number of carbonyl (C=O) groups excluding carboxylic acids is 1. The van der Waals surface area contributed by atoms with Gasteiger partial charge in [0.05, 0.1) is 10.6 Å². The number of esters is 1. The first kappa shape index (κ1) is 24.6. The van der Waals surface area contributed by atoms with Crippen molar-refractivity contribution in [3.63, 3.8) is 0 Å². The molecule has 3 N–H and O–H groups in total. The summed E-state index contributed by atoms with van der Waals surface area (Å²) in [6.45, 7) is 6.91. The largest absolute Gasteiger partial charge is 0.472 e. The Labute approximate surface area is 203 Å². The molecule has 4 aromatic rings. The highest BCUT2D eigenvalue weighted by molar-refractivity contribution is 7.91. The third-order valence-corrected chi connectivity index (χ3v) is 7.34. The molecule has 9 nitrogen and oxygen atoms in total. The Hall–Kier alpha value is -3.50. The number of hydrogen-bond donors (Lipinski definition) is 2. The monoisotopic (exact) mass is 496 g/mol. The molecule has 0 saturated heterocycles. The molecule has 0 fully saturated rings. The maximum Gasteiger partial charge on any atom is 0.323 e. The molecule has 2 atom stereocenters. The molecule has 0 bridgehead atoms. The van der Waals surface area contributed by atoms with Crippen LogP contribution in [0.3, 0.4) is 0 Å². The second-order valence-corrected chi connectivity index (χ2v) is 10.8. The topological polar surface area (TPSA) is 137 Å². The van der Waals surface area contributed by atoms with Gasteiger partial charge in [-0.25, -0.2) is 18.4 Å². The predicted octanol–water partition coefficient (Wildman–Crippen LogP) is 3.54. The average molecular weight is 497 g/mol. The van der Waals surface area contributed by atoms with Crippen molar-refractivity contribution < 1.29 is 22.7 Å². The summed E-state index contributed by atoms with van der Waals surface area (Å²) in [6, 6.07) is 8.11. The quantitative estimate of drug-likeness (QED) is 0.353. The van der Waals surface area contributed by atoms with Gasteiger partial charge in [-0.1, -0.05) is 19.1 Å². The number of nitrogens with zero attached hydrogens (tertiary/aromatic N) is 2. The molecule has 3 heterocycles. The summed E-state index contributed by atoms with van der Waals surface area (Å²) in [5.74, 6) is -0.180. The van der Waals surface area contributed by atoms with Crippen molar-refractivity contribution in [2.45, 2.75) is 44.7 Å². The maximum atomic E-state index is 12.5. The SMILES string of the molecule is CCS(=O)(=O)c1cccc(-c2cnc(OC[C@@H](C)OC(=O)[C@H](C)N)c3[nH]c4ncc(C)cc4c23)c1. The molecule has 35 heavy (non-hydrogen) atoms. The lowest BCUT2D eigenvalue weighted by Crippen LogP contribution is -2.33. The number of aryl methyl sites for hydroxylation is 1. The maximum absolute atomic E-state index is 12.5. The zero-order chi connectivity index (χ0) is 25.3. The number of carbonyl (C=O) groups is 1. The van der Waals surface area contributed by atoms with Gasteiger partial charge in [-0.05, 0) is 50.1 Å². The van der Waals surface area contributed by atoms with Crippen molar-refractivity contribution in [1.29, 1.82) is 0 Å². The zero-order valence-electron chi connectivity index (χ0n) is 20.0. The highest BCUT2D eigenvalue weighted by atomic mass is 32.2. The van der Waals surface area contributed by atoms with E-state index in [1.54, 1.807) is 51.4 Å². The van der Waals surface area contributed by atoms with E-state index in [2.05, 4.69) is 15.0 Å². The minimum atomic E-state index is -3.38. The highest BCUT2D eigenvalue weighted by Crippen LogP contribution is 2.38. The van der Waals surface area contributed by atoms with E-state index in [4.69, 9.17) is 15.2 Å². The molecule has 0 saturated carbocycles. The van der Waals surface area contributed by atoms with Crippen LogP contribution in [0.25, 0.3) is 33.1 Å². The van der Waals surface area contributed by atoms with Crippen LogP contribution in [0, 0.1) is 6.92 Å². The van der Waals surface area contributed by atoms with Crippen molar-refractivity contribution in [3.05, 3.63) is 48.3 Å². The van der Waals surface area contributed by atoms with Crippen molar-refractivity contribution in [3.8, 4) is 17.0 Å². The summed E-state index contributed by atoms with van der Waals surface area (Å²) in [7, 11) is -3.38. The van der Waals surface area contributed by atoms with E-state index < -0.39 is 28.0 Å². The van der Waals surface area contributed by atoms with Crippen LogP contribution < -0.4 is 10.5 Å². The van der Waals surface area contributed by atoms with Gasteiger partial charge in [-0.15, -0.1) is 0 Å².